The number of likely N-dealkylation sites (tertiary alicyclic amines) is 1. The number of amides is 1. The number of ether oxygens (including phenoxy) is 1. The van der Waals surface area contributed by atoms with Gasteiger partial charge in [0.15, 0.2) is 11.2 Å². The van der Waals surface area contributed by atoms with Crippen molar-refractivity contribution < 1.29 is 19.1 Å². The zero-order valence-corrected chi connectivity index (χ0v) is 19.9. The van der Waals surface area contributed by atoms with E-state index in [1.54, 1.807) is 24.0 Å². The summed E-state index contributed by atoms with van der Waals surface area (Å²) < 4.78 is 6.54. The number of nitrogens with zero attached hydrogens (tertiary/aromatic N) is 1. The van der Waals surface area contributed by atoms with Crippen LogP contribution in [0, 0.1) is 10.8 Å². The van der Waals surface area contributed by atoms with Crippen LogP contribution in [0.1, 0.15) is 60.5 Å². The predicted molar refractivity (Wildman–Crippen MR) is 124 cm³/mol. The molecular formula is C26H26BrNO4. The highest BCUT2D eigenvalue weighted by Gasteiger charge is 2.88. The summed E-state index contributed by atoms with van der Waals surface area (Å²) in [6, 6.07) is 12.9. The van der Waals surface area contributed by atoms with Gasteiger partial charge in [-0.2, -0.15) is 0 Å². The highest BCUT2D eigenvalue weighted by molar-refractivity contribution is 9.10. The topological polar surface area (TPSA) is 63.7 Å². The SMILES string of the molecule is CCc1ccc(C(=O)[C@@]2(C)[C@@H]3c4cc(Br)ccc4OC(=O)[C@@]32C(=O)N2CCCCC2)cc1. The van der Waals surface area contributed by atoms with Crippen molar-refractivity contribution in [3.8, 4) is 5.75 Å². The second-order valence-corrected chi connectivity index (χ2v) is 10.2. The Morgan fingerprint density at radius 3 is 2.44 bits per heavy atom. The Hall–Kier alpha value is -2.47. The molecule has 2 aliphatic heterocycles. The van der Waals surface area contributed by atoms with Gasteiger partial charge >= 0.3 is 5.97 Å². The Labute approximate surface area is 196 Å². The van der Waals surface area contributed by atoms with Crippen LogP contribution in [0.2, 0.25) is 0 Å². The number of aryl methyl sites for hydroxylation is 1. The molecule has 5 nitrogen and oxygen atoms in total. The number of piperidine rings is 1. The van der Waals surface area contributed by atoms with Crippen molar-refractivity contribution in [1.29, 1.82) is 0 Å². The maximum atomic E-state index is 13.9. The third kappa shape index (κ3) is 2.78. The Kier molecular flexibility index (Phi) is 5.04. The summed E-state index contributed by atoms with van der Waals surface area (Å²) in [6.07, 6.45) is 3.76. The highest BCUT2D eigenvalue weighted by atomic mass is 79.9. The molecule has 0 radical (unpaired) electrons. The molecule has 3 atom stereocenters. The molecule has 1 saturated carbocycles. The minimum Gasteiger partial charge on any atom is -0.425 e. The van der Waals surface area contributed by atoms with Gasteiger partial charge in [-0.1, -0.05) is 47.1 Å². The summed E-state index contributed by atoms with van der Waals surface area (Å²) in [5.74, 6) is -1.16. The minimum absolute atomic E-state index is 0.180. The molecule has 0 spiro atoms. The van der Waals surface area contributed by atoms with Crippen LogP contribution >= 0.6 is 15.9 Å². The molecular weight excluding hydrogens is 470 g/mol. The van der Waals surface area contributed by atoms with Crippen molar-refractivity contribution in [1.82, 2.24) is 4.90 Å². The minimum atomic E-state index is -1.52. The first-order chi connectivity index (χ1) is 15.4. The maximum absolute atomic E-state index is 13.9. The number of hydrogen-bond donors (Lipinski definition) is 0. The molecule has 1 aliphatic carbocycles. The molecule has 2 aromatic carbocycles. The molecule has 1 amide bonds. The van der Waals surface area contributed by atoms with Crippen molar-refractivity contribution in [2.24, 2.45) is 10.8 Å². The molecule has 0 aromatic heterocycles. The van der Waals surface area contributed by atoms with E-state index in [4.69, 9.17) is 4.74 Å². The van der Waals surface area contributed by atoms with E-state index in [0.717, 1.165) is 41.3 Å². The number of carbonyl (C=O) groups is 3. The number of carbonyl (C=O) groups excluding carboxylic acids is 3. The fraction of sp³-hybridized carbons (Fsp3) is 0.423. The molecule has 2 fully saturated rings. The zero-order chi connectivity index (χ0) is 22.7. The third-order valence-electron chi connectivity index (χ3n) is 7.63. The van der Waals surface area contributed by atoms with E-state index in [2.05, 4.69) is 22.9 Å². The lowest BCUT2D eigenvalue weighted by Gasteiger charge is -2.32. The normalized spacial score (nSPS) is 28.4. The van der Waals surface area contributed by atoms with Crippen LogP contribution in [0.4, 0.5) is 0 Å². The fourth-order valence-corrected chi connectivity index (χ4v) is 6.17. The molecule has 2 aromatic rings. The molecule has 3 aliphatic rings. The average molecular weight is 496 g/mol. The van der Waals surface area contributed by atoms with Crippen LogP contribution in [-0.4, -0.2) is 35.6 Å². The van der Waals surface area contributed by atoms with E-state index in [9.17, 15) is 14.4 Å². The van der Waals surface area contributed by atoms with Crippen molar-refractivity contribution in [2.75, 3.05) is 13.1 Å². The lowest BCUT2D eigenvalue weighted by molar-refractivity contribution is -0.154. The van der Waals surface area contributed by atoms with Gasteiger partial charge in [0.05, 0.1) is 5.41 Å². The predicted octanol–water partition coefficient (Wildman–Crippen LogP) is 4.92. The van der Waals surface area contributed by atoms with Crippen LogP contribution in [0.5, 0.6) is 5.75 Å². The first kappa shape index (κ1) is 21.4. The number of benzene rings is 2. The molecule has 0 N–H and O–H groups in total. The van der Waals surface area contributed by atoms with Crippen molar-refractivity contribution in [2.45, 2.75) is 45.4 Å². The number of Topliss-reactive ketones (excluding diaryl/α,β-unsaturated/α-hetero) is 1. The van der Waals surface area contributed by atoms with Crippen LogP contribution in [0.3, 0.4) is 0 Å². The first-order valence-electron chi connectivity index (χ1n) is 11.3. The van der Waals surface area contributed by atoms with Crippen LogP contribution in [0.25, 0.3) is 0 Å². The standard InChI is InChI=1S/C26H26BrNO4/c1-3-16-7-9-17(10-8-16)22(29)25(2)21-19-15-18(27)11-12-20(19)32-24(31)26(21,25)23(30)28-13-5-4-6-14-28/h7-12,15,21H,3-6,13-14H2,1-2H3/t21-,25+,26-/m0/s1. The summed E-state index contributed by atoms with van der Waals surface area (Å²) in [6.45, 7) is 5.06. The van der Waals surface area contributed by atoms with Gasteiger partial charge in [-0.3, -0.25) is 14.4 Å². The largest absolute Gasteiger partial charge is 0.425 e. The Morgan fingerprint density at radius 1 is 1.09 bits per heavy atom. The lowest BCUT2D eigenvalue weighted by atomic mass is 9.85. The van der Waals surface area contributed by atoms with Gasteiger partial charge in [-0.05, 0) is 56.4 Å². The van der Waals surface area contributed by atoms with Crippen molar-refractivity contribution in [3.05, 3.63) is 63.6 Å². The summed E-state index contributed by atoms with van der Waals surface area (Å²) in [5.41, 5.74) is -0.316. The van der Waals surface area contributed by atoms with Gasteiger partial charge < -0.3 is 9.64 Å². The van der Waals surface area contributed by atoms with Gasteiger partial charge in [0.1, 0.15) is 5.75 Å². The van der Waals surface area contributed by atoms with Gasteiger partial charge in [-0.15, -0.1) is 0 Å². The number of fused-ring (bicyclic) bond motifs is 3. The fourth-order valence-electron chi connectivity index (χ4n) is 5.79. The quantitative estimate of drug-likeness (QED) is 0.261. The second-order valence-electron chi connectivity index (χ2n) is 9.25. The van der Waals surface area contributed by atoms with Gasteiger partial charge in [0.2, 0.25) is 5.91 Å². The molecule has 32 heavy (non-hydrogen) atoms. The van der Waals surface area contributed by atoms with E-state index < -0.39 is 22.7 Å². The Morgan fingerprint density at radius 2 is 1.78 bits per heavy atom. The Bertz CT molecular complexity index is 1120. The maximum Gasteiger partial charge on any atom is 0.328 e. The number of ketones is 1. The third-order valence-corrected chi connectivity index (χ3v) is 8.12. The first-order valence-corrected chi connectivity index (χ1v) is 12.1. The van der Waals surface area contributed by atoms with Crippen LogP contribution in [0.15, 0.2) is 46.9 Å². The molecule has 6 heteroatoms. The van der Waals surface area contributed by atoms with E-state index in [0.29, 0.717) is 24.4 Å². The van der Waals surface area contributed by atoms with Gasteiger partial charge in [0.25, 0.3) is 0 Å². The number of rotatable bonds is 4. The van der Waals surface area contributed by atoms with Gasteiger partial charge in [-0.25, -0.2) is 0 Å². The van der Waals surface area contributed by atoms with E-state index in [1.807, 2.05) is 30.3 Å². The van der Waals surface area contributed by atoms with E-state index in [-0.39, 0.29) is 11.7 Å². The number of halogens is 1. The summed E-state index contributed by atoms with van der Waals surface area (Å²) in [7, 11) is 0. The average Bonchev–Trinajstić information content (AvgIpc) is 3.42. The lowest BCUT2D eigenvalue weighted by Crippen LogP contribution is -2.49. The zero-order valence-electron chi connectivity index (χ0n) is 18.3. The second kappa shape index (κ2) is 7.55. The van der Waals surface area contributed by atoms with Crippen molar-refractivity contribution >= 4 is 33.6 Å². The molecule has 5 rings (SSSR count). The summed E-state index contributed by atoms with van der Waals surface area (Å²) in [4.78, 5) is 43.1. The molecule has 166 valence electrons. The molecule has 2 heterocycles. The Balaban J connectivity index is 1.64. The molecule has 0 unspecified atom stereocenters. The van der Waals surface area contributed by atoms with Crippen LogP contribution in [-0.2, 0) is 16.0 Å². The monoisotopic (exact) mass is 495 g/mol. The summed E-state index contributed by atoms with van der Waals surface area (Å²) >= 11 is 3.50. The number of esters is 1. The van der Waals surface area contributed by atoms with Gasteiger partial charge in [0, 0.05) is 34.6 Å². The highest BCUT2D eigenvalue weighted by Crippen LogP contribution is 2.78. The van der Waals surface area contributed by atoms with E-state index in [1.165, 1.54) is 0 Å². The smallest absolute Gasteiger partial charge is 0.328 e. The molecule has 0 bridgehead atoms. The van der Waals surface area contributed by atoms with Crippen LogP contribution < -0.4 is 4.74 Å². The summed E-state index contributed by atoms with van der Waals surface area (Å²) in [5, 5.41) is 0. The number of hydrogen-bond acceptors (Lipinski definition) is 4. The van der Waals surface area contributed by atoms with Crippen molar-refractivity contribution in [3.63, 3.8) is 0 Å². The molecule has 1 saturated heterocycles. The van der Waals surface area contributed by atoms with E-state index >= 15 is 0 Å².